The molecule has 2 nitrogen and oxygen atoms in total. The van der Waals surface area contributed by atoms with Crippen LogP contribution < -0.4 is 5.32 Å². The van der Waals surface area contributed by atoms with Gasteiger partial charge in [0.25, 0.3) is 0 Å². The van der Waals surface area contributed by atoms with E-state index in [0.29, 0.717) is 11.1 Å². The monoisotopic (exact) mass is 292 g/mol. The first-order valence-electron chi connectivity index (χ1n) is 6.75. The van der Waals surface area contributed by atoms with Crippen molar-refractivity contribution >= 4 is 11.3 Å². The fourth-order valence-corrected chi connectivity index (χ4v) is 2.89. The van der Waals surface area contributed by atoms with Gasteiger partial charge in [-0.3, -0.25) is 0 Å². The SMILES string of the molecule is Cc1cccc(-c2nc(C)c(CNC(C)(C)C)s2)c1F. The van der Waals surface area contributed by atoms with E-state index in [1.165, 1.54) is 0 Å². The summed E-state index contributed by atoms with van der Waals surface area (Å²) in [6.07, 6.45) is 0. The summed E-state index contributed by atoms with van der Waals surface area (Å²) in [6, 6.07) is 5.44. The quantitative estimate of drug-likeness (QED) is 0.903. The van der Waals surface area contributed by atoms with E-state index in [2.05, 4.69) is 31.1 Å². The van der Waals surface area contributed by atoms with Gasteiger partial charge in [0.2, 0.25) is 0 Å². The van der Waals surface area contributed by atoms with Crippen LogP contribution in [0, 0.1) is 19.7 Å². The second-order valence-corrected chi connectivity index (χ2v) is 7.15. The van der Waals surface area contributed by atoms with Gasteiger partial charge < -0.3 is 5.32 Å². The van der Waals surface area contributed by atoms with Crippen molar-refractivity contribution in [2.75, 3.05) is 0 Å². The predicted molar refractivity (Wildman–Crippen MR) is 83.6 cm³/mol. The van der Waals surface area contributed by atoms with Crippen molar-refractivity contribution < 1.29 is 4.39 Å². The van der Waals surface area contributed by atoms with Crippen LogP contribution in [0.2, 0.25) is 0 Å². The molecule has 0 bridgehead atoms. The lowest BCUT2D eigenvalue weighted by Gasteiger charge is -2.19. The van der Waals surface area contributed by atoms with E-state index >= 15 is 0 Å². The lowest BCUT2D eigenvalue weighted by molar-refractivity contribution is 0.425. The van der Waals surface area contributed by atoms with Gasteiger partial charge in [-0.1, -0.05) is 12.1 Å². The van der Waals surface area contributed by atoms with E-state index in [0.717, 1.165) is 22.1 Å². The number of rotatable bonds is 3. The molecule has 0 atom stereocenters. The van der Waals surface area contributed by atoms with Gasteiger partial charge in [-0.25, -0.2) is 9.37 Å². The minimum atomic E-state index is -0.170. The summed E-state index contributed by atoms with van der Waals surface area (Å²) in [5.74, 6) is -0.170. The minimum Gasteiger partial charge on any atom is -0.307 e. The smallest absolute Gasteiger partial charge is 0.136 e. The zero-order chi connectivity index (χ0) is 14.9. The van der Waals surface area contributed by atoms with Crippen molar-refractivity contribution in [3.05, 3.63) is 40.2 Å². The fraction of sp³-hybridized carbons (Fsp3) is 0.438. The van der Waals surface area contributed by atoms with Crippen LogP contribution in [-0.4, -0.2) is 10.5 Å². The number of nitrogens with one attached hydrogen (secondary N) is 1. The topological polar surface area (TPSA) is 24.9 Å². The molecule has 1 N–H and O–H groups in total. The maximum absolute atomic E-state index is 14.2. The van der Waals surface area contributed by atoms with Crippen LogP contribution >= 0.6 is 11.3 Å². The molecule has 20 heavy (non-hydrogen) atoms. The molecule has 0 radical (unpaired) electrons. The van der Waals surface area contributed by atoms with Crippen LogP contribution in [0.1, 0.15) is 36.9 Å². The van der Waals surface area contributed by atoms with E-state index in [1.807, 2.05) is 13.0 Å². The molecule has 1 heterocycles. The third-order valence-electron chi connectivity index (χ3n) is 3.09. The second-order valence-electron chi connectivity index (χ2n) is 6.07. The Kier molecular flexibility index (Phi) is 4.25. The first-order valence-corrected chi connectivity index (χ1v) is 7.56. The summed E-state index contributed by atoms with van der Waals surface area (Å²) in [4.78, 5) is 5.68. The Morgan fingerprint density at radius 1 is 1.25 bits per heavy atom. The molecular weight excluding hydrogens is 271 g/mol. The van der Waals surface area contributed by atoms with Crippen LogP contribution in [0.25, 0.3) is 10.6 Å². The van der Waals surface area contributed by atoms with Crippen LogP contribution in [0.5, 0.6) is 0 Å². The molecule has 0 fully saturated rings. The molecule has 0 saturated heterocycles. The van der Waals surface area contributed by atoms with Crippen molar-refractivity contribution in [2.45, 2.75) is 46.7 Å². The second kappa shape index (κ2) is 5.62. The Balaban J connectivity index is 2.29. The van der Waals surface area contributed by atoms with E-state index in [4.69, 9.17) is 0 Å². The van der Waals surface area contributed by atoms with Crippen molar-refractivity contribution in [2.24, 2.45) is 0 Å². The third kappa shape index (κ3) is 3.44. The van der Waals surface area contributed by atoms with Gasteiger partial charge in [-0.2, -0.15) is 0 Å². The highest BCUT2D eigenvalue weighted by Gasteiger charge is 2.16. The molecule has 0 aliphatic carbocycles. The standard InChI is InChI=1S/C16H21FN2S/c1-10-7-6-8-12(14(10)17)15-19-11(2)13(20-15)9-18-16(3,4)5/h6-8,18H,9H2,1-5H3. The first kappa shape index (κ1) is 15.1. The van der Waals surface area contributed by atoms with Crippen molar-refractivity contribution in [3.63, 3.8) is 0 Å². The summed E-state index contributed by atoms with van der Waals surface area (Å²) in [6.45, 7) is 10.9. The summed E-state index contributed by atoms with van der Waals surface area (Å²) >= 11 is 1.56. The van der Waals surface area contributed by atoms with Crippen molar-refractivity contribution in [3.8, 4) is 10.6 Å². The molecule has 0 unspecified atom stereocenters. The molecule has 2 aromatic rings. The highest BCUT2D eigenvalue weighted by atomic mass is 32.1. The maximum atomic E-state index is 14.2. The number of hydrogen-bond donors (Lipinski definition) is 1. The molecule has 108 valence electrons. The largest absolute Gasteiger partial charge is 0.307 e. The number of hydrogen-bond acceptors (Lipinski definition) is 3. The lowest BCUT2D eigenvalue weighted by atomic mass is 10.1. The summed E-state index contributed by atoms with van der Waals surface area (Å²) in [7, 11) is 0. The number of aryl methyl sites for hydroxylation is 2. The molecule has 0 aliphatic heterocycles. The molecule has 0 amide bonds. The number of halogens is 1. The van der Waals surface area contributed by atoms with Gasteiger partial charge in [0.1, 0.15) is 10.8 Å². The van der Waals surface area contributed by atoms with Gasteiger partial charge in [0.15, 0.2) is 0 Å². The van der Waals surface area contributed by atoms with E-state index < -0.39 is 0 Å². The fourth-order valence-electron chi connectivity index (χ4n) is 1.87. The van der Waals surface area contributed by atoms with Gasteiger partial charge in [-0.15, -0.1) is 11.3 Å². The number of nitrogens with zero attached hydrogens (tertiary/aromatic N) is 1. The first-order chi connectivity index (χ1) is 9.28. The average Bonchev–Trinajstić information content (AvgIpc) is 2.71. The van der Waals surface area contributed by atoms with Gasteiger partial charge >= 0.3 is 0 Å². The van der Waals surface area contributed by atoms with Crippen molar-refractivity contribution in [1.82, 2.24) is 10.3 Å². The average molecular weight is 292 g/mol. The normalized spacial score (nSPS) is 11.9. The van der Waals surface area contributed by atoms with Crippen LogP contribution in [0.4, 0.5) is 4.39 Å². The zero-order valence-corrected chi connectivity index (χ0v) is 13.5. The summed E-state index contributed by atoms with van der Waals surface area (Å²) in [5, 5.41) is 4.21. The summed E-state index contributed by atoms with van der Waals surface area (Å²) < 4.78 is 14.2. The van der Waals surface area contributed by atoms with Crippen molar-refractivity contribution in [1.29, 1.82) is 0 Å². The summed E-state index contributed by atoms with van der Waals surface area (Å²) in [5.41, 5.74) is 2.29. The number of benzene rings is 1. The highest BCUT2D eigenvalue weighted by Crippen LogP contribution is 2.31. The third-order valence-corrected chi connectivity index (χ3v) is 4.28. The Hall–Kier alpha value is -1.26. The Bertz CT molecular complexity index is 611. The van der Waals surface area contributed by atoms with Gasteiger partial charge in [-0.05, 0) is 46.2 Å². The number of thiazole rings is 1. The molecular formula is C16H21FN2S. The van der Waals surface area contributed by atoms with Gasteiger partial charge in [0, 0.05) is 22.5 Å². The molecule has 0 aliphatic rings. The van der Waals surface area contributed by atoms with Crippen LogP contribution in [0.15, 0.2) is 18.2 Å². The van der Waals surface area contributed by atoms with Crippen LogP contribution in [-0.2, 0) is 6.54 Å². The maximum Gasteiger partial charge on any atom is 0.136 e. The molecule has 4 heteroatoms. The van der Waals surface area contributed by atoms with E-state index in [9.17, 15) is 4.39 Å². The molecule has 1 aromatic carbocycles. The lowest BCUT2D eigenvalue weighted by Crippen LogP contribution is -2.34. The Morgan fingerprint density at radius 2 is 1.95 bits per heavy atom. The zero-order valence-electron chi connectivity index (χ0n) is 12.7. The Labute approximate surface area is 124 Å². The van der Waals surface area contributed by atoms with E-state index in [1.54, 1.807) is 30.4 Å². The highest BCUT2D eigenvalue weighted by molar-refractivity contribution is 7.15. The van der Waals surface area contributed by atoms with Crippen LogP contribution in [0.3, 0.4) is 0 Å². The molecule has 0 spiro atoms. The molecule has 0 saturated carbocycles. The Morgan fingerprint density at radius 3 is 2.60 bits per heavy atom. The predicted octanol–water partition coefficient (Wildman–Crippen LogP) is 4.45. The molecule has 1 aromatic heterocycles. The molecule has 2 rings (SSSR count). The number of aromatic nitrogens is 1. The minimum absolute atomic E-state index is 0.0607. The van der Waals surface area contributed by atoms with E-state index in [-0.39, 0.29) is 11.4 Å². The van der Waals surface area contributed by atoms with Gasteiger partial charge in [0.05, 0.1) is 5.69 Å².